The molecule has 0 aromatic heterocycles. The van der Waals surface area contributed by atoms with E-state index in [-0.39, 0.29) is 10.6 Å². The van der Waals surface area contributed by atoms with Crippen LogP contribution in [-0.2, 0) is 10.0 Å². The van der Waals surface area contributed by atoms with Crippen LogP contribution in [0.25, 0.3) is 0 Å². The molecule has 0 amide bonds. The van der Waals surface area contributed by atoms with Crippen molar-refractivity contribution in [2.75, 3.05) is 13.1 Å². The van der Waals surface area contributed by atoms with Crippen LogP contribution in [0.2, 0.25) is 0 Å². The quantitative estimate of drug-likeness (QED) is 0.806. The summed E-state index contributed by atoms with van der Waals surface area (Å²) < 4.78 is 56.5. The number of alkyl halides is 2. The van der Waals surface area contributed by atoms with Gasteiger partial charge in [-0.2, -0.15) is 13.1 Å². The minimum atomic E-state index is -3.87. The minimum Gasteiger partial charge on any atom is -0.433 e. The summed E-state index contributed by atoms with van der Waals surface area (Å²) in [5, 5.41) is 0. The van der Waals surface area contributed by atoms with Crippen LogP contribution in [0.15, 0.2) is 59.5 Å². The summed E-state index contributed by atoms with van der Waals surface area (Å²) in [7, 11) is -3.87. The molecule has 0 saturated carbocycles. The highest BCUT2D eigenvalue weighted by Crippen LogP contribution is 2.33. The molecule has 1 aliphatic heterocycles. The third-order valence-corrected chi connectivity index (χ3v) is 6.35. The largest absolute Gasteiger partial charge is 0.433 e. The van der Waals surface area contributed by atoms with Gasteiger partial charge in [0.05, 0.1) is 0 Å². The van der Waals surface area contributed by atoms with Crippen LogP contribution in [0, 0.1) is 0 Å². The zero-order chi connectivity index (χ0) is 17.9. The van der Waals surface area contributed by atoms with Crippen LogP contribution >= 0.6 is 0 Å². The van der Waals surface area contributed by atoms with Gasteiger partial charge in [0.1, 0.15) is 10.6 Å². The minimum absolute atomic E-state index is 0.214. The Balaban J connectivity index is 1.77. The summed E-state index contributed by atoms with van der Waals surface area (Å²) in [6.45, 7) is -2.37. The highest BCUT2D eigenvalue weighted by atomic mass is 32.2. The summed E-state index contributed by atoms with van der Waals surface area (Å²) in [5.74, 6) is -0.0112. The Morgan fingerprint density at radius 1 is 0.960 bits per heavy atom. The second kappa shape index (κ2) is 7.49. The number of halogens is 2. The van der Waals surface area contributed by atoms with Gasteiger partial charge in [-0.05, 0) is 36.5 Å². The van der Waals surface area contributed by atoms with E-state index in [0.29, 0.717) is 31.8 Å². The van der Waals surface area contributed by atoms with Crippen molar-refractivity contribution in [3.63, 3.8) is 0 Å². The number of hydrogen-bond acceptors (Lipinski definition) is 3. The maximum atomic E-state index is 12.8. The molecule has 0 radical (unpaired) electrons. The van der Waals surface area contributed by atoms with E-state index in [1.54, 1.807) is 0 Å². The molecule has 1 heterocycles. The lowest BCUT2D eigenvalue weighted by Gasteiger charge is -2.31. The number of para-hydroxylation sites is 1. The van der Waals surface area contributed by atoms with Crippen LogP contribution in [0.4, 0.5) is 8.78 Å². The molecule has 0 unspecified atom stereocenters. The molecule has 0 N–H and O–H groups in total. The van der Waals surface area contributed by atoms with Crippen LogP contribution in [-0.4, -0.2) is 32.4 Å². The molecule has 0 bridgehead atoms. The average molecular weight is 367 g/mol. The fraction of sp³-hybridized carbons (Fsp3) is 0.333. The van der Waals surface area contributed by atoms with E-state index in [1.165, 1.54) is 34.1 Å². The maximum Gasteiger partial charge on any atom is 0.387 e. The summed E-state index contributed by atoms with van der Waals surface area (Å²) in [6.07, 6.45) is 1.39. The molecule has 134 valence electrons. The Bertz CT molecular complexity index is 804. The van der Waals surface area contributed by atoms with Crippen molar-refractivity contribution >= 4 is 10.0 Å². The first-order chi connectivity index (χ1) is 12.0. The zero-order valence-corrected chi connectivity index (χ0v) is 14.3. The predicted molar refractivity (Wildman–Crippen MR) is 90.2 cm³/mol. The molecular formula is C18H19F2NO3S. The van der Waals surface area contributed by atoms with E-state index >= 15 is 0 Å². The SMILES string of the molecule is O=S(=O)(c1ccccc1OC(F)F)N1CCC(c2ccccc2)CC1. The fourth-order valence-electron chi connectivity index (χ4n) is 3.15. The highest BCUT2D eigenvalue weighted by Gasteiger charge is 2.32. The van der Waals surface area contributed by atoms with Crippen LogP contribution < -0.4 is 4.74 Å². The lowest BCUT2D eigenvalue weighted by Crippen LogP contribution is -2.38. The molecular weight excluding hydrogens is 348 g/mol. The van der Waals surface area contributed by atoms with Gasteiger partial charge in [-0.1, -0.05) is 42.5 Å². The van der Waals surface area contributed by atoms with Crippen LogP contribution in [0.5, 0.6) is 5.75 Å². The van der Waals surface area contributed by atoms with Crippen molar-refractivity contribution in [1.29, 1.82) is 0 Å². The molecule has 3 rings (SSSR count). The molecule has 1 saturated heterocycles. The summed E-state index contributed by atoms with van der Waals surface area (Å²) in [4.78, 5) is -0.214. The number of sulfonamides is 1. The lowest BCUT2D eigenvalue weighted by molar-refractivity contribution is -0.0518. The predicted octanol–water partition coefficient (Wildman–Crippen LogP) is 3.86. The number of hydrogen-bond donors (Lipinski definition) is 0. The monoisotopic (exact) mass is 367 g/mol. The van der Waals surface area contributed by atoms with Crippen molar-refractivity contribution in [3.8, 4) is 5.75 Å². The Kier molecular flexibility index (Phi) is 5.34. The van der Waals surface area contributed by atoms with E-state index in [9.17, 15) is 17.2 Å². The maximum absolute atomic E-state index is 12.8. The standard InChI is InChI=1S/C18H19F2NO3S/c19-18(20)24-16-8-4-5-9-17(16)25(22,23)21-12-10-15(11-13-21)14-6-2-1-3-7-14/h1-9,15,18H,10-13H2. The van der Waals surface area contributed by atoms with Crippen LogP contribution in [0.1, 0.15) is 24.3 Å². The van der Waals surface area contributed by atoms with E-state index in [1.807, 2.05) is 30.3 Å². The van der Waals surface area contributed by atoms with Gasteiger partial charge in [-0.15, -0.1) is 0 Å². The first-order valence-electron chi connectivity index (χ1n) is 8.07. The molecule has 2 aromatic carbocycles. The third kappa shape index (κ3) is 3.99. The number of ether oxygens (including phenoxy) is 1. The second-order valence-electron chi connectivity index (χ2n) is 5.91. The average Bonchev–Trinajstić information content (AvgIpc) is 2.62. The second-order valence-corrected chi connectivity index (χ2v) is 7.82. The van der Waals surface area contributed by atoms with Crippen molar-refractivity contribution < 1.29 is 21.9 Å². The van der Waals surface area contributed by atoms with Gasteiger partial charge in [-0.3, -0.25) is 0 Å². The first-order valence-corrected chi connectivity index (χ1v) is 9.51. The number of nitrogens with zero attached hydrogens (tertiary/aromatic N) is 1. The van der Waals surface area contributed by atoms with Crippen molar-refractivity contribution in [2.45, 2.75) is 30.3 Å². The number of rotatable bonds is 5. The highest BCUT2D eigenvalue weighted by molar-refractivity contribution is 7.89. The molecule has 4 nitrogen and oxygen atoms in total. The molecule has 0 atom stereocenters. The summed E-state index contributed by atoms with van der Waals surface area (Å²) in [5.41, 5.74) is 1.20. The van der Waals surface area contributed by atoms with Gasteiger partial charge in [-0.25, -0.2) is 8.42 Å². The lowest BCUT2D eigenvalue weighted by atomic mass is 9.90. The van der Waals surface area contributed by atoms with Crippen molar-refractivity contribution in [3.05, 3.63) is 60.2 Å². The molecule has 1 aliphatic rings. The number of piperidine rings is 1. The topological polar surface area (TPSA) is 46.6 Å². The van der Waals surface area contributed by atoms with E-state index in [4.69, 9.17) is 0 Å². The smallest absolute Gasteiger partial charge is 0.387 e. The zero-order valence-electron chi connectivity index (χ0n) is 13.5. The fourth-order valence-corrected chi connectivity index (χ4v) is 4.74. The molecule has 25 heavy (non-hydrogen) atoms. The van der Waals surface area contributed by atoms with E-state index < -0.39 is 16.6 Å². The molecule has 2 aromatic rings. The van der Waals surface area contributed by atoms with Gasteiger partial charge in [0.25, 0.3) is 0 Å². The molecule has 1 fully saturated rings. The Labute approximate surface area is 146 Å². The van der Waals surface area contributed by atoms with Crippen molar-refractivity contribution in [1.82, 2.24) is 4.31 Å². The summed E-state index contributed by atoms with van der Waals surface area (Å²) >= 11 is 0. The first kappa shape index (κ1) is 17.8. The Morgan fingerprint density at radius 3 is 2.20 bits per heavy atom. The third-order valence-electron chi connectivity index (χ3n) is 4.41. The van der Waals surface area contributed by atoms with E-state index in [0.717, 1.165) is 0 Å². The molecule has 0 aliphatic carbocycles. The van der Waals surface area contributed by atoms with Crippen LogP contribution in [0.3, 0.4) is 0 Å². The van der Waals surface area contributed by atoms with Gasteiger partial charge in [0, 0.05) is 13.1 Å². The Hall–Kier alpha value is -1.99. The number of benzene rings is 2. The molecule has 0 spiro atoms. The van der Waals surface area contributed by atoms with Gasteiger partial charge < -0.3 is 4.74 Å². The van der Waals surface area contributed by atoms with Gasteiger partial charge in [0.15, 0.2) is 0 Å². The Morgan fingerprint density at radius 2 is 1.56 bits per heavy atom. The van der Waals surface area contributed by atoms with Crippen molar-refractivity contribution in [2.24, 2.45) is 0 Å². The van der Waals surface area contributed by atoms with Gasteiger partial charge >= 0.3 is 6.61 Å². The summed E-state index contributed by atoms with van der Waals surface area (Å²) in [6, 6.07) is 15.5. The van der Waals surface area contributed by atoms with Gasteiger partial charge in [0.2, 0.25) is 10.0 Å². The van der Waals surface area contributed by atoms with E-state index in [2.05, 4.69) is 4.74 Å². The normalized spacial score (nSPS) is 16.9. The molecule has 7 heteroatoms.